The van der Waals surface area contributed by atoms with Gasteiger partial charge in [-0.15, -0.1) is 0 Å². The first-order chi connectivity index (χ1) is 7.74. The van der Waals surface area contributed by atoms with Crippen LogP contribution in [0.25, 0.3) is 0 Å². The lowest BCUT2D eigenvalue weighted by Crippen LogP contribution is -2.35. The van der Waals surface area contributed by atoms with Gasteiger partial charge in [-0.05, 0) is 12.1 Å². The van der Waals surface area contributed by atoms with Crippen molar-refractivity contribution < 1.29 is 14.6 Å². The van der Waals surface area contributed by atoms with Gasteiger partial charge in [0.25, 0.3) is 0 Å². The number of nitrogens with one attached hydrogen (secondary N) is 1. The van der Waals surface area contributed by atoms with Crippen molar-refractivity contribution >= 4 is 5.97 Å². The average Bonchev–Trinajstić information content (AvgIpc) is 2.66. The first kappa shape index (κ1) is 11.2. The molecule has 0 saturated carbocycles. The average molecular weight is 224 g/mol. The monoisotopic (exact) mass is 224 g/mol. The van der Waals surface area contributed by atoms with Gasteiger partial charge in [-0.2, -0.15) is 0 Å². The smallest absolute Gasteiger partial charge is 0.309 e. The van der Waals surface area contributed by atoms with Gasteiger partial charge in [-0.25, -0.2) is 0 Å². The van der Waals surface area contributed by atoms with Crippen LogP contribution in [0.1, 0.15) is 11.4 Å². The maximum absolute atomic E-state index is 10.5. The molecule has 88 valence electrons. The maximum Gasteiger partial charge on any atom is 0.309 e. The molecule has 0 bridgehead atoms. The minimum atomic E-state index is -0.806. The largest absolute Gasteiger partial charge is 0.481 e. The lowest BCUT2D eigenvalue weighted by Gasteiger charge is -2.25. The van der Waals surface area contributed by atoms with Crippen molar-refractivity contribution in [2.75, 3.05) is 26.3 Å². The molecule has 1 aliphatic rings. The van der Waals surface area contributed by atoms with Crippen LogP contribution in [0.5, 0.6) is 0 Å². The minimum Gasteiger partial charge on any atom is -0.481 e. The Balaban J connectivity index is 1.88. The summed E-state index contributed by atoms with van der Waals surface area (Å²) in [6, 6.07) is 3.79. The number of aromatic nitrogens is 1. The molecule has 5 nitrogen and oxygen atoms in total. The van der Waals surface area contributed by atoms with Crippen molar-refractivity contribution in [2.24, 2.45) is 0 Å². The molecule has 0 unspecified atom stereocenters. The molecule has 1 aliphatic heterocycles. The van der Waals surface area contributed by atoms with E-state index in [1.54, 1.807) is 0 Å². The van der Waals surface area contributed by atoms with E-state index in [0.29, 0.717) is 0 Å². The fraction of sp³-hybridized carbons (Fsp3) is 0.545. The number of H-pyrrole nitrogens is 1. The predicted octanol–water partition coefficient (Wildman–Crippen LogP) is 0.474. The van der Waals surface area contributed by atoms with Crippen molar-refractivity contribution in [1.82, 2.24) is 9.88 Å². The van der Waals surface area contributed by atoms with Crippen LogP contribution in [0.3, 0.4) is 0 Å². The van der Waals surface area contributed by atoms with Gasteiger partial charge in [0, 0.05) is 31.0 Å². The summed E-state index contributed by atoms with van der Waals surface area (Å²) in [6.45, 7) is 4.27. The zero-order valence-electron chi connectivity index (χ0n) is 9.11. The molecule has 0 aromatic carbocycles. The highest BCUT2D eigenvalue weighted by molar-refractivity contribution is 5.69. The number of ether oxygens (including phenoxy) is 1. The molecule has 2 rings (SSSR count). The van der Waals surface area contributed by atoms with E-state index in [2.05, 4.69) is 9.88 Å². The second-order valence-electron chi connectivity index (χ2n) is 3.97. The van der Waals surface area contributed by atoms with Crippen LogP contribution in [0, 0.1) is 0 Å². The van der Waals surface area contributed by atoms with E-state index >= 15 is 0 Å². The summed E-state index contributed by atoms with van der Waals surface area (Å²) >= 11 is 0. The first-order valence-electron chi connectivity index (χ1n) is 5.43. The normalized spacial score (nSPS) is 17.5. The lowest BCUT2D eigenvalue weighted by atomic mass is 10.3. The number of hydrogen-bond donors (Lipinski definition) is 2. The Morgan fingerprint density at radius 3 is 2.75 bits per heavy atom. The van der Waals surface area contributed by atoms with E-state index in [4.69, 9.17) is 9.84 Å². The van der Waals surface area contributed by atoms with E-state index in [1.165, 1.54) is 0 Å². The van der Waals surface area contributed by atoms with Crippen LogP contribution in [0.2, 0.25) is 0 Å². The fourth-order valence-corrected chi connectivity index (χ4v) is 1.85. The van der Waals surface area contributed by atoms with E-state index in [0.717, 1.165) is 44.2 Å². The molecule has 2 N–H and O–H groups in total. The minimum absolute atomic E-state index is 0.0586. The molecule has 1 fully saturated rings. The number of carbonyl (C=O) groups is 1. The number of morpholine rings is 1. The highest BCUT2D eigenvalue weighted by Gasteiger charge is 2.11. The second-order valence-corrected chi connectivity index (χ2v) is 3.97. The van der Waals surface area contributed by atoms with Crippen molar-refractivity contribution in [2.45, 2.75) is 13.0 Å². The summed E-state index contributed by atoms with van der Waals surface area (Å²) in [5.74, 6) is -0.806. The van der Waals surface area contributed by atoms with Crippen molar-refractivity contribution in [1.29, 1.82) is 0 Å². The lowest BCUT2D eigenvalue weighted by molar-refractivity contribution is -0.136. The number of carboxylic acid groups (broad SMARTS) is 1. The summed E-state index contributed by atoms with van der Waals surface area (Å²) < 4.78 is 5.27. The van der Waals surface area contributed by atoms with Gasteiger partial charge in [0.1, 0.15) is 0 Å². The van der Waals surface area contributed by atoms with Crippen LogP contribution in [0.15, 0.2) is 12.1 Å². The third-order valence-corrected chi connectivity index (χ3v) is 2.65. The van der Waals surface area contributed by atoms with E-state index in [-0.39, 0.29) is 6.42 Å². The Hall–Kier alpha value is -1.33. The molecular weight excluding hydrogens is 208 g/mol. The van der Waals surface area contributed by atoms with E-state index in [1.807, 2.05) is 12.1 Å². The molecule has 0 amide bonds. The zero-order valence-corrected chi connectivity index (χ0v) is 9.11. The van der Waals surface area contributed by atoms with Gasteiger partial charge in [0.05, 0.1) is 19.6 Å². The molecule has 0 spiro atoms. The fourth-order valence-electron chi connectivity index (χ4n) is 1.85. The SMILES string of the molecule is O=C(O)Cc1ccc(CN2CCOCC2)[nH]1. The summed E-state index contributed by atoms with van der Waals surface area (Å²) in [6.07, 6.45) is 0.0586. The Bertz CT molecular complexity index is 356. The van der Waals surface area contributed by atoms with Gasteiger partial charge in [-0.3, -0.25) is 9.69 Å². The van der Waals surface area contributed by atoms with Crippen LogP contribution >= 0.6 is 0 Å². The number of rotatable bonds is 4. The van der Waals surface area contributed by atoms with Crippen LogP contribution < -0.4 is 0 Å². The van der Waals surface area contributed by atoms with Gasteiger partial charge in [0.2, 0.25) is 0 Å². The molecular formula is C11H16N2O3. The van der Waals surface area contributed by atoms with Gasteiger partial charge >= 0.3 is 5.97 Å². The second kappa shape index (κ2) is 5.14. The number of carboxylic acids is 1. The number of aliphatic carboxylic acids is 1. The van der Waals surface area contributed by atoms with Crippen LogP contribution in [0.4, 0.5) is 0 Å². The zero-order chi connectivity index (χ0) is 11.4. The van der Waals surface area contributed by atoms with Crippen LogP contribution in [-0.4, -0.2) is 47.3 Å². The Labute approximate surface area is 94.0 Å². The van der Waals surface area contributed by atoms with E-state index < -0.39 is 5.97 Å². The first-order valence-corrected chi connectivity index (χ1v) is 5.43. The van der Waals surface area contributed by atoms with Gasteiger partial charge in [-0.1, -0.05) is 0 Å². The topological polar surface area (TPSA) is 65.6 Å². The summed E-state index contributed by atoms with van der Waals surface area (Å²) in [7, 11) is 0. The van der Waals surface area contributed by atoms with Gasteiger partial charge in [0.15, 0.2) is 0 Å². The quantitative estimate of drug-likeness (QED) is 0.780. The highest BCUT2D eigenvalue weighted by atomic mass is 16.5. The Kier molecular flexibility index (Phi) is 3.58. The molecule has 0 aliphatic carbocycles. The molecule has 16 heavy (non-hydrogen) atoms. The molecule has 0 atom stereocenters. The third kappa shape index (κ3) is 3.08. The molecule has 5 heteroatoms. The maximum atomic E-state index is 10.5. The third-order valence-electron chi connectivity index (χ3n) is 2.65. The number of nitrogens with zero attached hydrogens (tertiary/aromatic N) is 1. The molecule has 0 radical (unpaired) electrons. The van der Waals surface area contributed by atoms with Crippen molar-refractivity contribution in [3.05, 3.63) is 23.5 Å². The van der Waals surface area contributed by atoms with Crippen molar-refractivity contribution in [3.8, 4) is 0 Å². The van der Waals surface area contributed by atoms with Crippen LogP contribution in [-0.2, 0) is 22.5 Å². The number of hydrogen-bond acceptors (Lipinski definition) is 3. The summed E-state index contributed by atoms with van der Waals surface area (Å²) in [5, 5.41) is 8.65. The Morgan fingerprint density at radius 2 is 2.06 bits per heavy atom. The summed E-state index contributed by atoms with van der Waals surface area (Å²) in [5.41, 5.74) is 1.83. The molecule has 2 heterocycles. The molecule has 1 aromatic heterocycles. The van der Waals surface area contributed by atoms with Crippen molar-refractivity contribution in [3.63, 3.8) is 0 Å². The Morgan fingerprint density at radius 1 is 1.38 bits per heavy atom. The van der Waals surface area contributed by atoms with Gasteiger partial charge < -0.3 is 14.8 Å². The highest BCUT2D eigenvalue weighted by Crippen LogP contribution is 2.08. The summed E-state index contributed by atoms with van der Waals surface area (Å²) in [4.78, 5) is 15.9. The standard InChI is InChI=1S/C11H16N2O3/c14-11(15)7-9-1-2-10(12-9)8-13-3-5-16-6-4-13/h1-2,12H,3-8H2,(H,14,15). The number of aromatic amines is 1. The molecule has 1 saturated heterocycles. The molecule has 1 aromatic rings. The predicted molar refractivity (Wildman–Crippen MR) is 58.2 cm³/mol. The van der Waals surface area contributed by atoms with E-state index in [9.17, 15) is 4.79 Å².